The van der Waals surface area contributed by atoms with E-state index in [9.17, 15) is 10.2 Å². The fourth-order valence-corrected chi connectivity index (χ4v) is 18.0. The van der Waals surface area contributed by atoms with E-state index in [0.29, 0.717) is 28.1 Å². The molecule has 12 saturated carbocycles. The van der Waals surface area contributed by atoms with Crippen LogP contribution in [-0.2, 0) is 5.41 Å². The largest absolute Gasteiger partial charge is 0.506 e. The van der Waals surface area contributed by atoms with Crippen LogP contribution >= 0.6 is 0 Å². The molecule has 0 amide bonds. The van der Waals surface area contributed by atoms with Gasteiger partial charge in [-0.1, -0.05) is 12.1 Å². The summed E-state index contributed by atoms with van der Waals surface area (Å²) in [5.74, 6) is 9.00. The molecule has 244 valence electrons. The molecule has 12 aliphatic carbocycles. The van der Waals surface area contributed by atoms with Gasteiger partial charge >= 0.3 is 0 Å². The van der Waals surface area contributed by atoms with E-state index in [0.717, 1.165) is 53.3 Å². The monoisotopic (exact) mass is 618 g/mol. The molecular weight excluding hydrogens is 564 g/mol. The van der Waals surface area contributed by atoms with Gasteiger partial charge in [-0.15, -0.1) is 0 Å². The van der Waals surface area contributed by atoms with Crippen molar-refractivity contribution in [3.63, 3.8) is 0 Å². The van der Waals surface area contributed by atoms with E-state index in [4.69, 9.17) is 11.5 Å². The molecule has 2 aromatic rings. The zero-order valence-electron chi connectivity index (χ0n) is 27.6. The van der Waals surface area contributed by atoms with Crippen LogP contribution < -0.4 is 11.5 Å². The van der Waals surface area contributed by atoms with Crippen LogP contribution in [0.15, 0.2) is 36.4 Å². The quantitative estimate of drug-likeness (QED) is 0.203. The lowest BCUT2D eigenvalue weighted by molar-refractivity contribution is -0.296. The van der Waals surface area contributed by atoms with Crippen molar-refractivity contribution in [2.45, 2.75) is 108 Å². The van der Waals surface area contributed by atoms with Crippen LogP contribution in [0.25, 0.3) is 0 Å². The average Bonchev–Trinajstić information content (AvgIpc) is 2.99. The second kappa shape index (κ2) is 8.80. The van der Waals surface area contributed by atoms with Gasteiger partial charge in [-0.2, -0.15) is 0 Å². The van der Waals surface area contributed by atoms with Crippen LogP contribution in [0.4, 0.5) is 11.4 Å². The van der Waals surface area contributed by atoms with E-state index in [1.807, 2.05) is 12.1 Å². The first-order valence-electron chi connectivity index (χ1n) is 19.4. The van der Waals surface area contributed by atoms with Gasteiger partial charge in [0.25, 0.3) is 0 Å². The summed E-state index contributed by atoms with van der Waals surface area (Å²) >= 11 is 0. The van der Waals surface area contributed by atoms with E-state index >= 15 is 0 Å². The Morgan fingerprint density at radius 1 is 0.522 bits per heavy atom. The molecule has 12 fully saturated rings. The zero-order chi connectivity index (χ0) is 30.8. The Kier molecular flexibility index (Phi) is 5.28. The lowest BCUT2D eigenvalue weighted by Gasteiger charge is -2.81. The zero-order valence-corrected chi connectivity index (χ0v) is 27.6. The third kappa shape index (κ3) is 3.20. The van der Waals surface area contributed by atoms with Crippen LogP contribution in [0, 0.1) is 75.4 Å². The number of phenols is 2. The van der Waals surface area contributed by atoms with Crippen molar-refractivity contribution >= 4 is 11.4 Å². The maximum absolute atomic E-state index is 11.3. The number of phenolic OH excluding ortho intramolecular Hbond substituents is 2. The van der Waals surface area contributed by atoms with Crippen LogP contribution in [0.1, 0.15) is 114 Å². The number of hydrogen-bond acceptors (Lipinski definition) is 4. The second-order valence-corrected chi connectivity index (χ2v) is 19.5. The Morgan fingerprint density at radius 2 is 0.957 bits per heavy atom. The van der Waals surface area contributed by atoms with Gasteiger partial charge in [-0.25, -0.2) is 0 Å². The first kappa shape index (κ1) is 27.6. The molecular formula is C42H54N2O2. The summed E-state index contributed by atoms with van der Waals surface area (Å²) in [4.78, 5) is 0. The van der Waals surface area contributed by atoms with Crippen LogP contribution in [0.2, 0.25) is 0 Å². The van der Waals surface area contributed by atoms with Gasteiger partial charge in [0.1, 0.15) is 11.5 Å². The minimum Gasteiger partial charge on any atom is -0.506 e. The third-order valence-corrected chi connectivity index (χ3v) is 17.5. The lowest BCUT2D eigenvalue weighted by atomic mass is 9.23. The first-order valence-corrected chi connectivity index (χ1v) is 19.4. The molecule has 12 bridgehead atoms. The van der Waals surface area contributed by atoms with Crippen molar-refractivity contribution in [3.05, 3.63) is 47.5 Å². The highest BCUT2D eigenvalue weighted by Crippen LogP contribution is 2.85. The van der Waals surface area contributed by atoms with Crippen molar-refractivity contribution < 1.29 is 10.2 Å². The Bertz CT molecular complexity index is 1510. The molecule has 14 rings (SSSR count). The van der Waals surface area contributed by atoms with Crippen molar-refractivity contribution in [2.24, 2.45) is 75.4 Å². The standard InChI is InChI=1S/C42H54N2O2/c43-34-3-1-31(14-36(34)45)42(32-2-4-35(44)37(46)15-32)33-12-28-9-29(13-33)22-41(42,21-28)40-19-26-8-27(20-40)11-30(10-26)38(40)39-16-23-5-24(17-39)7-25(6-23)18-39/h1-4,14-15,23-30,33,38,45-46H,5-13,16-22,43-44H2. The predicted octanol–water partition coefficient (Wildman–Crippen LogP) is 9.03. The molecule has 0 heterocycles. The molecule has 4 heteroatoms. The van der Waals surface area contributed by atoms with Gasteiger partial charge in [0.2, 0.25) is 0 Å². The maximum Gasteiger partial charge on any atom is 0.138 e. The highest BCUT2D eigenvalue weighted by Gasteiger charge is 2.78. The minimum atomic E-state index is -0.261. The third-order valence-electron chi connectivity index (χ3n) is 17.5. The normalized spacial score (nSPS) is 50.0. The van der Waals surface area contributed by atoms with E-state index in [1.165, 1.54) is 114 Å². The molecule has 0 radical (unpaired) electrons. The van der Waals surface area contributed by atoms with E-state index in [2.05, 4.69) is 24.3 Å². The smallest absolute Gasteiger partial charge is 0.138 e. The second-order valence-electron chi connectivity index (χ2n) is 19.5. The molecule has 0 aromatic heterocycles. The molecule has 0 saturated heterocycles. The number of nitrogen functional groups attached to an aromatic ring is 2. The summed E-state index contributed by atoms with van der Waals surface area (Å²) in [6, 6.07) is 12.7. The number of benzene rings is 2. The molecule has 12 aliphatic rings. The number of hydrogen-bond donors (Lipinski definition) is 4. The summed E-state index contributed by atoms with van der Waals surface area (Å²) in [5.41, 5.74) is 16.9. The van der Waals surface area contributed by atoms with E-state index in [-0.39, 0.29) is 22.3 Å². The van der Waals surface area contributed by atoms with Crippen LogP contribution in [-0.4, -0.2) is 10.2 Å². The minimum absolute atomic E-state index is 0.115. The summed E-state index contributed by atoms with van der Waals surface area (Å²) in [7, 11) is 0. The molecule has 0 spiro atoms. The number of aromatic hydroxyl groups is 2. The highest BCUT2D eigenvalue weighted by atomic mass is 16.3. The lowest BCUT2D eigenvalue weighted by Crippen LogP contribution is -2.75. The fraction of sp³-hybridized carbons (Fsp3) is 0.714. The van der Waals surface area contributed by atoms with Gasteiger partial charge in [0, 0.05) is 5.41 Å². The van der Waals surface area contributed by atoms with Crippen LogP contribution in [0.3, 0.4) is 0 Å². The Balaban J connectivity index is 1.21. The number of rotatable bonds is 4. The SMILES string of the molecule is Nc1ccc(C2(c3ccc(N)c(O)c3)C3CC4CC(C3)CC2(C23CC5CC(CC(C5)C2C25CC6CC(CC(C6)C2)C5)C3)C4)cc1O. The molecule has 5 atom stereocenters. The van der Waals surface area contributed by atoms with Gasteiger partial charge in [0.05, 0.1) is 11.4 Å². The van der Waals surface area contributed by atoms with Crippen molar-refractivity contribution in [2.75, 3.05) is 11.5 Å². The fourth-order valence-electron chi connectivity index (χ4n) is 18.0. The first-order chi connectivity index (χ1) is 22.2. The van der Waals surface area contributed by atoms with Gasteiger partial charge in [-0.3, -0.25) is 0 Å². The predicted molar refractivity (Wildman–Crippen MR) is 182 cm³/mol. The molecule has 4 nitrogen and oxygen atoms in total. The van der Waals surface area contributed by atoms with Crippen molar-refractivity contribution in [1.29, 1.82) is 0 Å². The van der Waals surface area contributed by atoms with Gasteiger partial charge in [-0.05, 0) is 214 Å². The van der Waals surface area contributed by atoms with Gasteiger partial charge < -0.3 is 21.7 Å². The summed E-state index contributed by atoms with van der Waals surface area (Å²) in [5, 5.41) is 22.7. The van der Waals surface area contributed by atoms with Crippen molar-refractivity contribution in [1.82, 2.24) is 0 Å². The summed E-state index contributed by atoms with van der Waals surface area (Å²) in [6.45, 7) is 0. The maximum atomic E-state index is 11.3. The van der Waals surface area contributed by atoms with E-state index < -0.39 is 0 Å². The van der Waals surface area contributed by atoms with Crippen LogP contribution in [0.5, 0.6) is 11.5 Å². The Hall–Kier alpha value is -2.36. The van der Waals surface area contributed by atoms with Crippen molar-refractivity contribution in [3.8, 4) is 11.5 Å². The van der Waals surface area contributed by atoms with E-state index in [1.54, 1.807) is 0 Å². The molecule has 46 heavy (non-hydrogen) atoms. The molecule has 0 aliphatic heterocycles. The number of anilines is 2. The average molecular weight is 619 g/mol. The Morgan fingerprint density at radius 3 is 1.41 bits per heavy atom. The van der Waals surface area contributed by atoms with Gasteiger partial charge in [0.15, 0.2) is 0 Å². The Labute approximate surface area is 275 Å². The molecule has 5 unspecified atom stereocenters. The summed E-state index contributed by atoms with van der Waals surface area (Å²) in [6.07, 6.45) is 23.0. The highest BCUT2D eigenvalue weighted by molar-refractivity contribution is 5.61. The topological polar surface area (TPSA) is 92.5 Å². The summed E-state index contributed by atoms with van der Waals surface area (Å²) < 4.78 is 0. The number of nitrogens with two attached hydrogens (primary N) is 2. The molecule has 6 N–H and O–H groups in total. The molecule has 2 aromatic carbocycles.